The summed E-state index contributed by atoms with van der Waals surface area (Å²) in [6.45, 7) is 13.0. The molecule has 0 heterocycles. The summed E-state index contributed by atoms with van der Waals surface area (Å²) in [6, 6.07) is 0. The molecule has 2 heteroatoms. The highest BCUT2D eigenvalue weighted by Gasteiger charge is 2.65. The molecule has 0 bridgehead atoms. The number of terminal acetylenes is 1. The average Bonchev–Trinajstić information content (AvgIpc) is 2.78. The Morgan fingerprint density at radius 1 is 1.24 bits per heavy atom. The maximum absolute atomic E-state index is 12.0. The van der Waals surface area contributed by atoms with Gasteiger partial charge in [0.15, 0.2) is 11.4 Å². The van der Waals surface area contributed by atoms with Crippen LogP contribution in [0.2, 0.25) is 0 Å². The van der Waals surface area contributed by atoms with Crippen LogP contribution in [0.1, 0.15) is 52.4 Å². The Morgan fingerprint density at radius 2 is 1.96 bits per heavy atom. The monoisotopic (exact) mass is 336 g/mol. The Hall–Kier alpha value is -1.59. The predicted molar refractivity (Wildman–Crippen MR) is 99.5 cm³/mol. The van der Waals surface area contributed by atoms with Crippen LogP contribution in [0, 0.1) is 40.9 Å². The normalized spacial score (nSPS) is 49.0. The molecular formula is C23H28O2. The summed E-state index contributed by atoms with van der Waals surface area (Å²) in [5, 5.41) is 11.2. The van der Waals surface area contributed by atoms with Crippen molar-refractivity contribution in [2.24, 2.45) is 28.6 Å². The number of allylic oxidation sites excluding steroid dienone is 2. The Kier molecular flexibility index (Phi) is 3.36. The van der Waals surface area contributed by atoms with Crippen molar-refractivity contribution in [1.82, 2.24) is 0 Å². The summed E-state index contributed by atoms with van der Waals surface area (Å²) in [5.41, 5.74) is 1.65. The Bertz CT molecular complexity index is 765. The zero-order valence-corrected chi connectivity index (χ0v) is 15.4. The van der Waals surface area contributed by atoms with E-state index >= 15 is 0 Å². The number of hydrogen-bond donors (Lipinski definition) is 1. The van der Waals surface area contributed by atoms with Crippen molar-refractivity contribution >= 4 is 5.78 Å². The lowest BCUT2D eigenvalue weighted by molar-refractivity contribution is -0.118. The van der Waals surface area contributed by atoms with E-state index in [9.17, 15) is 9.90 Å². The molecule has 0 aromatic carbocycles. The van der Waals surface area contributed by atoms with E-state index in [1.54, 1.807) is 0 Å². The lowest BCUT2D eigenvalue weighted by atomic mass is 9.46. The first kappa shape index (κ1) is 16.9. The molecule has 3 fully saturated rings. The van der Waals surface area contributed by atoms with Crippen molar-refractivity contribution in [3.8, 4) is 12.3 Å². The van der Waals surface area contributed by atoms with Crippen molar-refractivity contribution in [3.05, 3.63) is 36.0 Å². The quantitative estimate of drug-likeness (QED) is 0.531. The Balaban J connectivity index is 1.78. The van der Waals surface area contributed by atoms with Gasteiger partial charge in [-0.25, -0.2) is 0 Å². The van der Waals surface area contributed by atoms with Gasteiger partial charge in [-0.3, -0.25) is 4.79 Å². The number of aliphatic hydroxyl groups is 1. The molecule has 4 rings (SSSR count). The van der Waals surface area contributed by atoms with E-state index in [0.29, 0.717) is 24.2 Å². The van der Waals surface area contributed by atoms with Crippen LogP contribution >= 0.6 is 0 Å². The van der Waals surface area contributed by atoms with Gasteiger partial charge in [0, 0.05) is 11.8 Å². The van der Waals surface area contributed by atoms with E-state index in [4.69, 9.17) is 6.42 Å². The summed E-state index contributed by atoms with van der Waals surface area (Å²) in [7, 11) is 0. The molecule has 0 aromatic heterocycles. The second kappa shape index (κ2) is 4.98. The standard InChI is InChI=1S/C23H28O2/c1-6-23(25)15(3)12-20-17-11-14(2)19-13-16(24)7-9-21(19,4)18(17)8-10-22(20,23)5/h1,13,17-18,20,25H,2-3,7-12H2,4-5H3. The van der Waals surface area contributed by atoms with Crippen LogP contribution in [0.3, 0.4) is 0 Å². The van der Waals surface area contributed by atoms with Crippen LogP contribution in [0.4, 0.5) is 0 Å². The zero-order chi connectivity index (χ0) is 18.2. The summed E-state index contributed by atoms with van der Waals surface area (Å²) in [6.07, 6.45) is 12.9. The smallest absolute Gasteiger partial charge is 0.156 e. The fraction of sp³-hybridized carbons (Fsp3) is 0.609. The molecule has 1 N–H and O–H groups in total. The molecule has 6 unspecified atom stereocenters. The highest BCUT2D eigenvalue weighted by Crippen LogP contribution is 2.68. The third-order valence-electron chi connectivity index (χ3n) is 8.33. The van der Waals surface area contributed by atoms with E-state index in [1.807, 2.05) is 6.08 Å². The van der Waals surface area contributed by atoms with Crippen LogP contribution in [-0.4, -0.2) is 16.5 Å². The van der Waals surface area contributed by atoms with Gasteiger partial charge in [-0.1, -0.05) is 38.5 Å². The van der Waals surface area contributed by atoms with Gasteiger partial charge in [0.25, 0.3) is 0 Å². The van der Waals surface area contributed by atoms with Crippen molar-refractivity contribution in [1.29, 1.82) is 0 Å². The molecule has 0 aliphatic heterocycles. The molecule has 0 radical (unpaired) electrons. The second-order valence-electron chi connectivity index (χ2n) is 9.24. The van der Waals surface area contributed by atoms with Crippen molar-refractivity contribution in [3.63, 3.8) is 0 Å². The maximum Gasteiger partial charge on any atom is 0.156 e. The molecule has 6 atom stereocenters. The van der Waals surface area contributed by atoms with Gasteiger partial charge in [0.05, 0.1) is 0 Å². The molecule has 3 saturated carbocycles. The first-order valence-electron chi connectivity index (χ1n) is 9.49. The molecule has 0 saturated heterocycles. The van der Waals surface area contributed by atoms with Crippen LogP contribution in [-0.2, 0) is 4.79 Å². The minimum atomic E-state index is -1.19. The zero-order valence-electron chi connectivity index (χ0n) is 15.4. The summed E-state index contributed by atoms with van der Waals surface area (Å²) in [4.78, 5) is 12.0. The number of hydrogen-bond acceptors (Lipinski definition) is 2. The van der Waals surface area contributed by atoms with Crippen molar-refractivity contribution < 1.29 is 9.90 Å². The maximum atomic E-state index is 12.0. The van der Waals surface area contributed by atoms with Crippen LogP contribution < -0.4 is 0 Å². The highest BCUT2D eigenvalue weighted by molar-refractivity contribution is 5.92. The fourth-order valence-electron chi connectivity index (χ4n) is 6.79. The minimum absolute atomic E-state index is 0.0351. The fourth-order valence-corrected chi connectivity index (χ4v) is 6.79. The molecule has 2 nitrogen and oxygen atoms in total. The molecule has 0 amide bonds. The van der Waals surface area contributed by atoms with Gasteiger partial charge < -0.3 is 5.11 Å². The lowest BCUT2D eigenvalue weighted by Crippen LogP contribution is -2.54. The van der Waals surface area contributed by atoms with Gasteiger partial charge in [-0.15, -0.1) is 6.42 Å². The lowest BCUT2D eigenvalue weighted by Gasteiger charge is -2.58. The number of carbonyl (C=O) groups excluding carboxylic acids is 1. The van der Waals surface area contributed by atoms with Crippen LogP contribution in [0.5, 0.6) is 0 Å². The first-order chi connectivity index (χ1) is 11.7. The summed E-state index contributed by atoms with van der Waals surface area (Å²) >= 11 is 0. The molecule has 25 heavy (non-hydrogen) atoms. The molecule has 0 aromatic rings. The third kappa shape index (κ3) is 1.88. The second-order valence-corrected chi connectivity index (χ2v) is 9.24. The van der Waals surface area contributed by atoms with Gasteiger partial charge in [-0.2, -0.15) is 0 Å². The van der Waals surface area contributed by atoms with Crippen LogP contribution in [0.15, 0.2) is 36.0 Å². The van der Waals surface area contributed by atoms with E-state index in [-0.39, 0.29) is 16.6 Å². The topological polar surface area (TPSA) is 37.3 Å². The van der Waals surface area contributed by atoms with E-state index in [0.717, 1.165) is 43.3 Å². The number of fused-ring (bicyclic) bond motifs is 5. The number of ketones is 1. The Labute approximate surface area is 151 Å². The highest BCUT2D eigenvalue weighted by atomic mass is 16.3. The van der Waals surface area contributed by atoms with E-state index in [1.165, 1.54) is 5.57 Å². The van der Waals surface area contributed by atoms with Gasteiger partial charge in [0.2, 0.25) is 0 Å². The van der Waals surface area contributed by atoms with Crippen molar-refractivity contribution in [2.45, 2.75) is 58.0 Å². The summed E-state index contributed by atoms with van der Waals surface area (Å²) in [5.74, 6) is 4.26. The van der Waals surface area contributed by atoms with Crippen LogP contribution in [0.25, 0.3) is 0 Å². The SMILES string of the molecule is C#CC1(O)C(=C)CC2C3CC(=C)C4=CC(=O)CCC4(C)C3CCC21C. The van der Waals surface area contributed by atoms with E-state index < -0.39 is 5.60 Å². The van der Waals surface area contributed by atoms with Gasteiger partial charge in [0.1, 0.15) is 0 Å². The summed E-state index contributed by atoms with van der Waals surface area (Å²) < 4.78 is 0. The molecule has 4 aliphatic carbocycles. The van der Waals surface area contributed by atoms with E-state index in [2.05, 4.69) is 32.9 Å². The number of rotatable bonds is 0. The molecule has 132 valence electrons. The molecular weight excluding hydrogens is 308 g/mol. The van der Waals surface area contributed by atoms with Crippen molar-refractivity contribution in [2.75, 3.05) is 0 Å². The minimum Gasteiger partial charge on any atom is -0.373 e. The largest absolute Gasteiger partial charge is 0.373 e. The number of carbonyl (C=O) groups is 1. The van der Waals surface area contributed by atoms with Gasteiger partial charge >= 0.3 is 0 Å². The third-order valence-corrected chi connectivity index (χ3v) is 8.33. The first-order valence-corrected chi connectivity index (χ1v) is 9.49. The molecule has 0 spiro atoms. The van der Waals surface area contributed by atoms with Gasteiger partial charge in [-0.05, 0) is 72.5 Å². The molecule has 4 aliphatic rings. The predicted octanol–water partition coefficient (Wildman–Crippen LogP) is 4.21. The Morgan fingerprint density at radius 3 is 2.64 bits per heavy atom. The average molecular weight is 336 g/mol.